The second-order valence-corrected chi connectivity index (χ2v) is 3.94. The largest absolute Gasteiger partial charge is 0.392 e. The van der Waals surface area contributed by atoms with Crippen LogP contribution in [0.25, 0.3) is 0 Å². The summed E-state index contributed by atoms with van der Waals surface area (Å²) in [4.78, 5) is 0. The SMILES string of the molecule is OC1CCCC1c1ccsc1. The van der Waals surface area contributed by atoms with E-state index in [4.69, 9.17) is 0 Å². The van der Waals surface area contributed by atoms with Gasteiger partial charge in [0.05, 0.1) is 6.10 Å². The van der Waals surface area contributed by atoms with Crippen LogP contribution in [0.1, 0.15) is 30.7 Å². The first-order valence-corrected chi connectivity index (χ1v) is 5.02. The van der Waals surface area contributed by atoms with Crippen molar-refractivity contribution in [2.24, 2.45) is 0 Å². The highest BCUT2D eigenvalue weighted by Gasteiger charge is 2.26. The predicted octanol–water partition coefficient (Wildman–Crippen LogP) is 2.38. The fourth-order valence-corrected chi connectivity index (χ4v) is 2.54. The van der Waals surface area contributed by atoms with Gasteiger partial charge in [0.25, 0.3) is 0 Å². The Balaban J connectivity index is 2.16. The summed E-state index contributed by atoms with van der Waals surface area (Å²) < 4.78 is 0. The Morgan fingerprint density at radius 2 is 2.36 bits per heavy atom. The predicted molar refractivity (Wildman–Crippen MR) is 46.9 cm³/mol. The van der Waals surface area contributed by atoms with E-state index in [2.05, 4.69) is 16.8 Å². The highest BCUT2D eigenvalue weighted by atomic mass is 32.1. The molecule has 2 atom stereocenters. The van der Waals surface area contributed by atoms with E-state index < -0.39 is 0 Å². The molecule has 11 heavy (non-hydrogen) atoms. The molecule has 0 radical (unpaired) electrons. The first-order chi connectivity index (χ1) is 5.38. The van der Waals surface area contributed by atoms with E-state index in [1.54, 1.807) is 11.3 Å². The Morgan fingerprint density at radius 3 is 2.91 bits per heavy atom. The van der Waals surface area contributed by atoms with E-state index in [1.807, 2.05) is 0 Å². The number of thiophene rings is 1. The molecule has 0 amide bonds. The van der Waals surface area contributed by atoms with Gasteiger partial charge in [0.2, 0.25) is 0 Å². The summed E-state index contributed by atoms with van der Waals surface area (Å²) in [5, 5.41) is 13.8. The van der Waals surface area contributed by atoms with Crippen molar-refractivity contribution in [2.45, 2.75) is 31.3 Å². The fraction of sp³-hybridized carbons (Fsp3) is 0.556. The Labute approximate surface area is 70.7 Å². The van der Waals surface area contributed by atoms with Crippen LogP contribution in [-0.4, -0.2) is 11.2 Å². The van der Waals surface area contributed by atoms with Gasteiger partial charge in [0, 0.05) is 5.92 Å². The molecule has 2 unspecified atom stereocenters. The first kappa shape index (κ1) is 7.32. The maximum atomic E-state index is 9.57. The summed E-state index contributed by atoms with van der Waals surface area (Å²) >= 11 is 1.72. The van der Waals surface area contributed by atoms with Crippen LogP contribution in [0.15, 0.2) is 16.8 Å². The molecular formula is C9H12OS. The smallest absolute Gasteiger partial charge is 0.0609 e. The number of aliphatic hydroxyl groups excluding tert-OH is 1. The van der Waals surface area contributed by atoms with Crippen LogP contribution in [0.3, 0.4) is 0 Å². The number of rotatable bonds is 1. The molecule has 2 rings (SSSR count). The molecule has 1 fully saturated rings. The van der Waals surface area contributed by atoms with Gasteiger partial charge in [-0.1, -0.05) is 6.42 Å². The van der Waals surface area contributed by atoms with Crippen LogP contribution in [0.2, 0.25) is 0 Å². The number of hydrogen-bond donors (Lipinski definition) is 1. The number of hydrogen-bond acceptors (Lipinski definition) is 2. The third-order valence-electron chi connectivity index (χ3n) is 2.45. The standard InChI is InChI=1S/C9H12OS/c10-9-3-1-2-8(9)7-4-5-11-6-7/h4-6,8-10H,1-3H2. The molecule has 1 heterocycles. The lowest BCUT2D eigenvalue weighted by Crippen LogP contribution is -2.09. The minimum atomic E-state index is -0.0791. The minimum Gasteiger partial charge on any atom is -0.392 e. The van der Waals surface area contributed by atoms with E-state index in [1.165, 1.54) is 12.0 Å². The highest BCUT2D eigenvalue weighted by molar-refractivity contribution is 7.07. The molecule has 0 aromatic carbocycles. The zero-order valence-corrected chi connectivity index (χ0v) is 7.18. The third-order valence-corrected chi connectivity index (χ3v) is 3.15. The summed E-state index contributed by atoms with van der Waals surface area (Å²) in [6, 6.07) is 2.13. The molecule has 0 saturated heterocycles. The van der Waals surface area contributed by atoms with Crippen molar-refractivity contribution in [1.29, 1.82) is 0 Å². The third kappa shape index (κ3) is 1.33. The zero-order valence-electron chi connectivity index (χ0n) is 6.36. The van der Waals surface area contributed by atoms with Crippen LogP contribution < -0.4 is 0 Å². The number of aliphatic hydroxyl groups is 1. The van der Waals surface area contributed by atoms with Gasteiger partial charge in [-0.25, -0.2) is 0 Å². The van der Waals surface area contributed by atoms with Gasteiger partial charge in [-0.15, -0.1) is 0 Å². The summed E-state index contributed by atoms with van der Waals surface area (Å²) in [5.74, 6) is 0.432. The average molecular weight is 168 g/mol. The van der Waals surface area contributed by atoms with Crippen LogP contribution in [-0.2, 0) is 0 Å². The Kier molecular flexibility index (Phi) is 1.96. The zero-order chi connectivity index (χ0) is 7.68. The molecule has 0 bridgehead atoms. The van der Waals surface area contributed by atoms with Crippen LogP contribution in [0.4, 0.5) is 0 Å². The second kappa shape index (κ2) is 2.95. The van der Waals surface area contributed by atoms with Gasteiger partial charge < -0.3 is 5.11 Å². The van der Waals surface area contributed by atoms with Crippen molar-refractivity contribution in [3.05, 3.63) is 22.4 Å². The average Bonchev–Trinajstić information content (AvgIpc) is 2.55. The van der Waals surface area contributed by atoms with Crippen molar-refractivity contribution < 1.29 is 5.11 Å². The van der Waals surface area contributed by atoms with Crippen molar-refractivity contribution in [2.75, 3.05) is 0 Å². The first-order valence-electron chi connectivity index (χ1n) is 4.08. The molecule has 0 spiro atoms. The Bertz CT molecular complexity index is 217. The molecular weight excluding hydrogens is 156 g/mol. The van der Waals surface area contributed by atoms with Gasteiger partial charge in [-0.2, -0.15) is 11.3 Å². The normalized spacial score (nSPS) is 31.0. The topological polar surface area (TPSA) is 20.2 Å². The maximum absolute atomic E-state index is 9.57. The lowest BCUT2D eigenvalue weighted by atomic mass is 9.99. The monoisotopic (exact) mass is 168 g/mol. The molecule has 1 aliphatic carbocycles. The molecule has 1 aromatic heterocycles. The lowest BCUT2D eigenvalue weighted by Gasteiger charge is -2.11. The van der Waals surface area contributed by atoms with Gasteiger partial charge in [-0.3, -0.25) is 0 Å². The molecule has 2 heteroatoms. The fourth-order valence-electron chi connectivity index (χ4n) is 1.82. The van der Waals surface area contributed by atoms with Crippen molar-refractivity contribution >= 4 is 11.3 Å². The van der Waals surface area contributed by atoms with E-state index in [0.29, 0.717) is 5.92 Å². The van der Waals surface area contributed by atoms with E-state index in [0.717, 1.165) is 12.8 Å². The van der Waals surface area contributed by atoms with E-state index >= 15 is 0 Å². The summed E-state index contributed by atoms with van der Waals surface area (Å²) in [7, 11) is 0. The van der Waals surface area contributed by atoms with Crippen molar-refractivity contribution in [1.82, 2.24) is 0 Å². The van der Waals surface area contributed by atoms with Gasteiger partial charge in [0.15, 0.2) is 0 Å². The van der Waals surface area contributed by atoms with Gasteiger partial charge in [-0.05, 0) is 35.2 Å². The highest BCUT2D eigenvalue weighted by Crippen LogP contribution is 2.35. The lowest BCUT2D eigenvalue weighted by molar-refractivity contribution is 0.164. The molecule has 60 valence electrons. The molecule has 1 aromatic rings. The van der Waals surface area contributed by atoms with Crippen LogP contribution in [0.5, 0.6) is 0 Å². The molecule has 1 nitrogen and oxygen atoms in total. The van der Waals surface area contributed by atoms with Crippen LogP contribution in [0, 0.1) is 0 Å². The summed E-state index contributed by atoms with van der Waals surface area (Å²) in [5.41, 5.74) is 1.33. The van der Waals surface area contributed by atoms with Gasteiger partial charge in [0.1, 0.15) is 0 Å². The second-order valence-electron chi connectivity index (χ2n) is 3.16. The molecule has 0 aliphatic heterocycles. The summed E-state index contributed by atoms with van der Waals surface area (Å²) in [6.07, 6.45) is 3.25. The van der Waals surface area contributed by atoms with Crippen molar-refractivity contribution in [3.8, 4) is 0 Å². The Morgan fingerprint density at radius 1 is 1.45 bits per heavy atom. The quantitative estimate of drug-likeness (QED) is 0.682. The summed E-state index contributed by atoms with van der Waals surface area (Å²) in [6.45, 7) is 0. The Hall–Kier alpha value is -0.340. The molecule has 1 saturated carbocycles. The van der Waals surface area contributed by atoms with Gasteiger partial charge >= 0.3 is 0 Å². The minimum absolute atomic E-state index is 0.0791. The molecule has 1 N–H and O–H groups in total. The maximum Gasteiger partial charge on any atom is 0.0609 e. The van der Waals surface area contributed by atoms with Crippen LogP contribution >= 0.6 is 11.3 Å². The van der Waals surface area contributed by atoms with E-state index in [9.17, 15) is 5.11 Å². The molecule has 1 aliphatic rings. The van der Waals surface area contributed by atoms with E-state index in [-0.39, 0.29) is 6.10 Å². The van der Waals surface area contributed by atoms with Crippen molar-refractivity contribution in [3.63, 3.8) is 0 Å².